The van der Waals surface area contributed by atoms with Crippen LogP contribution in [0.2, 0.25) is 0 Å². The van der Waals surface area contributed by atoms with Crippen molar-refractivity contribution in [3.8, 4) is 0 Å². The number of esters is 1. The van der Waals surface area contributed by atoms with E-state index in [1.807, 2.05) is 0 Å². The Bertz CT molecular complexity index is 471. The smallest absolute Gasteiger partial charge is 0.305 e. The summed E-state index contributed by atoms with van der Waals surface area (Å²) in [4.78, 5) is 11.7. The van der Waals surface area contributed by atoms with Crippen molar-refractivity contribution < 1.29 is 19.7 Å². The highest BCUT2D eigenvalue weighted by Crippen LogP contribution is 2.42. The molecule has 0 spiro atoms. The molecule has 0 heterocycles. The van der Waals surface area contributed by atoms with E-state index in [1.54, 1.807) is 0 Å². The molecule has 0 aromatic rings. The summed E-state index contributed by atoms with van der Waals surface area (Å²) < 4.78 is 4.98. The number of rotatable bonds is 31. The van der Waals surface area contributed by atoms with Gasteiger partial charge in [-0.3, -0.25) is 4.79 Å². The van der Waals surface area contributed by atoms with Crippen molar-refractivity contribution in [2.75, 3.05) is 13.2 Å². The predicted octanol–water partition coefficient (Wildman–Crippen LogP) is 10.5. The first-order valence-corrected chi connectivity index (χ1v) is 17.5. The SMILES string of the molecule is CCCCCCCC(CCCCCCC)(CCCCCCC)CCCCCCCCCC(=O)OCC(O)CO. The van der Waals surface area contributed by atoms with E-state index in [2.05, 4.69) is 20.8 Å². The minimum absolute atomic E-state index is 0.104. The quantitative estimate of drug-likeness (QED) is 0.0660. The van der Waals surface area contributed by atoms with Crippen molar-refractivity contribution in [2.45, 2.75) is 200 Å². The summed E-state index contributed by atoms with van der Waals surface area (Å²) in [6.45, 7) is 6.48. The van der Waals surface area contributed by atoms with Crippen LogP contribution in [0.3, 0.4) is 0 Å². The number of hydrogen-bond acceptors (Lipinski definition) is 4. The van der Waals surface area contributed by atoms with E-state index in [0.717, 1.165) is 12.8 Å². The molecule has 1 unspecified atom stereocenters. The summed E-state index contributed by atoms with van der Waals surface area (Å²) in [5.41, 5.74) is 0.592. The van der Waals surface area contributed by atoms with E-state index >= 15 is 0 Å². The Morgan fingerprint density at radius 1 is 0.564 bits per heavy atom. The Balaban J connectivity index is 4.51. The second-order valence-corrected chi connectivity index (χ2v) is 12.5. The topological polar surface area (TPSA) is 66.8 Å². The lowest BCUT2D eigenvalue weighted by atomic mass is 9.70. The maximum Gasteiger partial charge on any atom is 0.305 e. The minimum Gasteiger partial charge on any atom is -0.463 e. The predicted molar refractivity (Wildman–Crippen MR) is 168 cm³/mol. The van der Waals surface area contributed by atoms with Gasteiger partial charge >= 0.3 is 5.97 Å². The molecule has 4 heteroatoms. The van der Waals surface area contributed by atoms with E-state index in [9.17, 15) is 9.90 Å². The fraction of sp³-hybridized carbons (Fsp3) is 0.971. The van der Waals surface area contributed by atoms with Crippen molar-refractivity contribution >= 4 is 5.97 Å². The average Bonchev–Trinajstić information content (AvgIpc) is 2.94. The van der Waals surface area contributed by atoms with Gasteiger partial charge in [0.25, 0.3) is 0 Å². The van der Waals surface area contributed by atoms with E-state index in [0.29, 0.717) is 11.8 Å². The van der Waals surface area contributed by atoms with Gasteiger partial charge in [-0.05, 0) is 37.5 Å². The molecule has 0 radical (unpaired) electrons. The Morgan fingerprint density at radius 2 is 0.897 bits per heavy atom. The molecule has 0 aromatic heterocycles. The van der Waals surface area contributed by atoms with Crippen molar-refractivity contribution in [1.82, 2.24) is 0 Å². The van der Waals surface area contributed by atoms with Gasteiger partial charge in [0.1, 0.15) is 12.7 Å². The fourth-order valence-electron chi connectivity index (χ4n) is 6.03. The molecule has 234 valence electrons. The van der Waals surface area contributed by atoms with Crippen LogP contribution >= 0.6 is 0 Å². The highest BCUT2D eigenvalue weighted by molar-refractivity contribution is 5.69. The van der Waals surface area contributed by atoms with Crippen LogP contribution in [0.4, 0.5) is 0 Å². The van der Waals surface area contributed by atoms with Crippen LogP contribution in [-0.4, -0.2) is 35.5 Å². The molecule has 0 aliphatic rings. The lowest BCUT2D eigenvalue weighted by molar-refractivity contribution is -0.147. The minimum atomic E-state index is -0.962. The zero-order valence-electron chi connectivity index (χ0n) is 26.8. The molecule has 2 N–H and O–H groups in total. The summed E-state index contributed by atoms with van der Waals surface area (Å²) in [6.07, 6.45) is 34.7. The Morgan fingerprint density at radius 3 is 1.26 bits per heavy atom. The molecule has 0 saturated heterocycles. The third-order valence-corrected chi connectivity index (χ3v) is 8.67. The number of carbonyl (C=O) groups excluding carboxylic acids is 1. The molecule has 0 bridgehead atoms. The summed E-state index contributed by atoms with van der Waals surface area (Å²) in [5.74, 6) is -0.266. The molecular weight excluding hydrogens is 484 g/mol. The molecule has 0 aromatic carbocycles. The first kappa shape index (κ1) is 38.4. The van der Waals surface area contributed by atoms with Gasteiger partial charge in [-0.1, -0.05) is 156 Å². The lowest BCUT2D eigenvalue weighted by Gasteiger charge is -2.35. The molecule has 0 saturated carbocycles. The molecule has 0 fully saturated rings. The number of hydrogen-bond donors (Lipinski definition) is 2. The van der Waals surface area contributed by atoms with Crippen molar-refractivity contribution in [1.29, 1.82) is 0 Å². The van der Waals surface area contributed by atoms with Crippen LogP contribution in [0.25, 0.3) is 0 Å². The summed E-state index contributed by atoms with van der Waals surface area (Å²) in [5, 5.41) is 18.0. The van der Waals surface area contributed by atoms with Crippen molar-refractivity contribution in [2.24, 2.45) is 5.41 Å². The lowest BCUT2D eigenvalue weighted by Crippen LogP contribution is -2.21. The molecule has 0 amide bonds. The molecule has 0 aliphatic carbocycles. The average molecular weight is 555 g/mol. The zero-order chi connectivity index (χ0) is 28.9. The van der Waals surface area contributed by atoms with Crippen LogP contribution < -0.4 is 0 Å². The number of aliphatic hydroxyl groups excluding tert-OH is 2. The number of unbranched alkanes of at least 4 members (excludes halogenated alkanes) is 18. The van der Waals surface area contributed by atoms with Crippen LogP contribution in [0.15, 0.2) is 0 Å². The summed E-state index contributed by atoms with van der Waals surface area (Å²) >= 11 is 0. The van der Waals surface area contributed by atoms with E-state index in [1.165, 1.54) is 154 Å². The van der Waals surface area contributed by atoms with E-state index in [4.69, 9.17) is 9.84 Å². The maximum absolute atomic E-state index is 11.7. The van der Waals surface area contributed by atoms with E-state index in [-0.39, 0.29) is 19.2 Å². The Hall–Kier alpha value is -0.610. The molecular formula is C35H70O4. The largest absolute Gasteiger partial charge is 0.463 e. The summed E-state index contributed by atoms with van der Waals surface area (Å²) in [6, 6.07) is 0. The monoisotopic (exact) mass is 555 g/mol. The van der Waals surface area contributed by atoms with Crippen LogP contribution in [0, 0.1) is 5.41 Å². The third-order valence-electron chi connectivity index (χ3n) is 8.67. The second kappa shape index (κ2) is 28.9. The maximum atomic E-state index is 11.7. The van der Waals surface area contributed by atoms with Gasteiger partial charge in [-0.15, -0.1) is 0 Å². The van der Waals surface area contributed by atoms with E-state index < -0.39 is 6.10 Å². The Labute approximate surface area is 244 Å². The number of carbonyl (C=O) groups is 1. The van der Waals surface area contributed by atoms with Crippen LogP contribution in [0.1, 0.15) is 194 Å². The first-order chi connectivity index (χ1) is 19.0. The zero-order valence-corrected chi connectivity index (χ0v) is 26.8. The van der Waals surface area contributed by atoms with Crippen LogP contribution in [-0.2, 0) is 9.53 Å². The highest BCUT2D eigenvalue weighted by Gasteiger charge is 2.28. The number of aliphatic hydroxyl groups is 2. The molecule has 0 rings (SSSR count). The third kappa shape index (κ3) is 24.9. The van der Waals surface area contributed by atoms with Gasteiger partial charge in [0, 0.05) is 6.42 Å². The van der Waals surface area contributed by atoms with Gasteiger partial charge in [0.15, 0.2) is 0 Å². The van der Waals surface area contributed by atoms with Gasteiger partial charge in [-0.2, -0.15) is 0 Å². The highest BCUT2D eigenvalue weighted by atomic mass is 16.5. The fourth-order valence-corrected chi connectivity index (χ4v) is 6.03. The van der Waals surface area contributed by atoms with Crippen molar-refractivity contribution in [3.05, 3.63) is 0 Å². The van der Waals surface area contributed by atoms with Gasteiger partial charge < -0.3 is 14.9 Å². The molecule has 1 atom stereocenters. The first-order valence-electron chi connectivity index (χ1n) is 17.5. The number of ether oxygens (including phenoxy) is 1. The van der Waals surface area contributed by atoms with Crippen LogP contribution in [0.5, 0.6) is 0 Å². The standard InChI is InChI=1S/C35H70O4/c1-4-7-10-17-22-27-35(28-23-18-11-8-5-2,29-24-19-12-9-6-3)30-25-20-15-13-14-16-21-26-34(38)39-32-33(37)31-36/h33,36-37H,4-32H2,1-3H3. The summed E-state index contributed by atoms with van der Waals surface area (Å²) in [7, 11) is 0. The van der Waals surface area contributed by atoms with Gasteiger partial charge in [-0.25, -0.2) is 0 Å². The molecule has 0 aliphatic heterocycles. The van der Waals surface area contributed by atoms with Crippen molar-refractivity contribution in [3.63, 3.8) is 0 Å². The normalized spacial score (nSPS) is 12.6. The Kier molecular flexibility index (Phi) is 28.4. The van der Waals surface area contributed by atoms with Gasteiger partial charge in [0.05, 0.1) is 6.61 Å². The molecule has 39 heavy (non-hydrogen) atoms. The van der Waals surface area contributed by atoms with Gasteiger partial charge in [0.2, 0.25) is 0 Å². The second-order valence-electron chi connectivity index (χ2n) is 12.5. The molecule has 4 nitrogen and oxygen atoms in total.